The molecule has 1 unspecified atom stereocenters. The number of rotatable bonds is 6. The molecule has 3 aromatic carbocycles. The summed E-state index contributed by atoms with van der Waals surface area (Å²) in [6.45, 7) is 1.88. The van der Waals surface area contributed by atoms with E-state index >= 15 is 8.78 Å². The van der Waals surface area contributed by atoms with E-state index < -0.39 is 17.7 Å². The first-order valence-corrected chi connectivity index (χ1v) is 8.34. The van der Waals surface area contributed by atoms with Crippen LogP contribution in [0, 0.1) is 6.92 Å². The average Bonchev–Trinajstić information content (AvgIpc) is 2.67. The van der Waals surface area contributed by atoms with Crippen molar-refractivity contribution < 1.29 is 13.6 Å². The molecule has 0 saturated heterocycles. The molecule has 26 heavy (non-hydrogen) atoms. The maximum Gasteiger partial charge on any atom is 0.333 e. The Bertz CT molecular complexity index is 879. The summed E-state index contributed by atoms with van der Waals surface area (Å²) in [6.07, 6.45) is 0. The van der Waals surface area contributed by atoms with E-state index in [2.05, 4.69) is 5.32 Å². The minimum atomic E-state index is -3.62. The van der Waals surface area contributed by atoms with Gasteiger partial charge in [-0.2, -0.15) is 8.78 Å². The van der Waals surface area contributed by atoms with Crippen LogP contribution in [0.5, 0.6) is 0 Å². The number of hydrogen-bond acceptors (Lipinski definition) is 2. The summed E-state index contributed by atoms with van der Waals surface area (Å²) in [6, 6.07) is 21.7. The smallest absolute Gasteiger partial charge is 0.333 e. The largest absolute Gasteiger partial charge is 0.372 e. The van der Waals surface area contributed by atoms with Crippen LogP contribution >= 0.6 is 0 Å². The van der Waals surface area contributed by atoms with Crippen molar-refractivity contribution in [3.63, 3.8) is 0 Å². The number of carbonyl (C=O) groups is 1. The number of anilines is 1. The molecule has 0 saturated carbocycles. The van der Waals surface area contributed by atoms with Crippen molar-refractivity contribution in [3.05, 3.63) is 102 Å². The Balaban J connectivity index is 2.00. The number of Topliss-reactive ketones (excluding diaryl/α,β-unsaturated/α-hetero) is 1. The minimum Gasteiger partial charge on any atom is -0.372 e. The van der Waals surface area contributed by atoms with Crippen molar-refractivity contribution >= 4 is 11.5 Å². The summed E-state index contributed by atoms with van der Waals surface area (Å²) in [4.78, 5) is 12.5. The molecule has 0 aromatic heterocycles. The molecule has 0 amide bonds. The van der Waals surface area contributed by atoms with Crippen molar-refractivity contribution in [2.45, 2.75) is 18.9 Å². The summed E-state index contributed by atoms with van der Waals surface area (Å²) in [7, 11) is 0. The second-order valence-electron chi connectivity index (χ2n) is 6.18. The highest BCUT2D eigenvalue weighted by Gasteiger charge is 2.48. The van der Waals surface area contributed by atoms with Crippen molar-refractivity contribution in [2.75, 3.05) is 5.32 Å². The van der Waals surface area contributed by atoms with E-state index in [0.29, 0.717) is 11.3 Å². The first kappa shape index (κ1) is 17.8. The lowest BCUT2D eigenvalue weighted by atomic mass is 9.93. The number of ketones is 1. The predicted octanol–water partition coefficient (Wildman–Crippen LogP) is 5.67. The number of alkyl halides is 2. The van der Waals surface area contributed by atoms with Crippen molar-refractivity contribution in [1.29, 1.82) is 0 Å². The molecule has 0 aliphatic heterocycles. The van der Waals surface area contributed by atoms with Gasteiger partial charge in [-0.25, -0.2) is 0 Å². The van der Waals surface area contributed by atoms with Crippen molar-refractivity contribution in [2.24, 2.45) is 0 Å². The second kappa shape index (κ2) is 7.48. The molecule has 0 radical (unpaired) electrons. The van der Waals surface area contributed by atoms with Gasteiger partial charge in [0, 0.05) is 11.3 Å². The van der Waals surface area contributed by atoms with Gasteiger partial charge in [-0.05, 0) is 30.2 Å². The zero-order valence-electron chi connectivity index (χ0n) is 14.3. The van der Waals surface area contributed by atoms with Crippen LogP contribution in [-0.2, 0) is 0 Å². The quantitative estimate of drug-likeness (QED) is 0.580. The SMILES string of the molecule is Cc1cccc(NC(c2ccccc2)C(F)(F)C(=O)c2ccccc2)c1. The van der Waals surface area contributed by atoms with Gasteiger partial charge in [-0.15, -0.1) is 0 Å². The van der Waals surface area contributed by atoms with Crippen molar-refractivity contribution in [3.8, 4) is 0 Å². The minimum absolute atomic E-state index is 0.00975. The van der Waals surface area contributed by atoms with E-state index in [9.17, 15) is 4.79 Å². The molecule has 0 aliphatic carbocycles. The van der Waals surface area contributed by atoms with Crippen LogP contribution in [0.15, 0.2) is 84.9 Å². The first-order chi connectivity index (χ1) is 12.5. The summed E-state index contributed by atoms with van der Waals surface area (Å²) in [5, 5.41) is 2.86. The van der Waals surface area contributed by atoms with Crippen LogP contribution in [-0.4, -0.2) is 11.7 Å². The molecule has 0 aliphatic rings. The van der Waals surface area contributed by atoms with Crippen LogP contribution in [0.3, 0.4) is 0 Å². The summed E-state index contributed by atoms with van der Waals surface area (Å²) in [5.74, 6) is -4.82. The predicted molar refractivity (Wildman–Crippen MR) is 99.7 cm³/mol. The van der Waals surface area contributed by atoms with E-state index in [1.165, 1.54) is 12.1 Å². The third kappa shape index (κ3) is 3.80. The van der Waals surface area contributed by atoms with E-state index in [0.717, 1.165) is 5.56 Å². The number of benzene rings is 3. The van der Waals surface area contributed by atoms with Gasteiger partial charge in [0.15, 0.2) is 0 Å². The second-order valence-corrected chi connectivity index (χ2v) is 6.18. The van der Waals surface area contributed by atoms with Gasteiger partial charge in [0.05, 0.1) is 0 Å². The van der Waals surface area contributed by atoms with E-state index in [-0.39, 0.29) is 5.56 Å². The molecule has 2 nitrogen and oxygen atoms in total. The molecule has 4 heteroatoms. The molecular weight excluding hydrogens is 332 g/mol. The normalized spacial score (nSPS) is 12.4. The number of carbonyl (C=O) groups excluding carboxylic acids is 1. The highest BCUT2D eigenvalue weighted by atomic mass is 19.3. The highest BCUT2D eigenvalue weighted by Crippen LogP contribution is 2.37. The maximum atomic E-state index is 15.2. The monoisotopic (exact) mass is 351 g/mol. The van der Waals surface area contributed by atoms with Gasteiger partial charge in [0.1, 0.15) is 6.04 Å². The fourth-order valence-corrected chi connectivity index (χ4v) is 2.84. The number of hydrogen-bond donors (Lipinski definition) is 1. The third-order valence-electron chi connectivity index (χ3n) is 4.16. The standard InChI is InChI=1S/C22H19F2NO/c1-16-9-8-14-19(15-16)25-20(17-10-4-2-5-11-17)22(23,24)21(26)18-12-6-3-7-13-18/h2-15,20,25H,1H3. The molecule has 0 heterocycles. The van der Waals surface area contributed by atoms with Gasteiger partial charge in [-0.3, -0.25) is 4.79 Å². The lowest BCUT2D eigenvalue weighted by Gasteiger charge is -2.28. The Labute approximate surface area is 151 Å². The van der Waals surface area contributed by atoms with Crippen molar-refractivity contribution in [1.82, 2.24) is 0 Å². The number of nitrogens with one attached hydrogen (secondary N) is 1. The summed E-state index contributed by atoms with van der Waals surface area (Å²) >= 11 is 0. The Morgan fingerprint density at radius 3 is 2.12 bits per heavy atom. The lowest BCUT2D eigenvalue weighted by Crippen LogP contribution is -2.40. The highest BCUT2D eigenvalue weighted by molar-refractivity contribution is 6.02. The Kier molecular flexibility index (Phi) is 5.12. The molecule has 0 fully saturated rings. The van der Waals surface area contributed by atoms with Crippen LogP contribution in [0.1, 0.15) is 27.5 Å². The average molecular weight is 351 g/mol. The van der Waals surface area contributed by atoms with Gasteiger partial charge in [-0.1, -0.05) is 72.8 Å². The zero-order valence-corrected chi connectivity index (χ0v) is 14.3. The van der Waals surface area contributed by atoms with Gasteiger partial charge in [0.2, 0.25) is 5.78 Å². The van der Waals surface area contributed by atoms with Crippen LogP contribution < -0.4 is 5.32 Å². The third-order valence-corrected chi connectivity index (χ3v) is 4.16. The summed E-state index contributed by atoms with van der Waals surface area (Å²) in [5.41, 5.74) is 1.83. The molecule has 0 spiro atoms. The molecule has 132 valence electrons. The fourth-order valence-electron chi connectivity index (χ4n) is 2.84. The molecule has 0 bridgehead atoms. The Hall–Kier alpha value is -3.01. The number of aryl methyl sites for hydroxylation is 1. The first-order valence-electron chi connectivity index (χ1n) is 8.34. The van der Waals surface area contributed by atoms with Gasteiger partial charge < -0.3 is 5.32 Å². The maximum absolute atomic E-state index is 15.2. The van der Waals surface area contributed by atoms with E-state index in [4.69, 9.17) is 0 Å². The van der Waals surface area contributed by atoms with E-state index in [1.807, 2.05) is 13.0 Å². The number of halogens is 2. The van der Waals surface area contributed by atoms with Crippen LogP contribution in [0.2, 0.25) is 0 Å². The summed E-state index contributed by atoms with van der Waals surface area (Å²) < 4.78 is 30.5. The topological polar surface area (TPSA) is 29.1 Å². The Morgan fingerprint density at radius 2 is 1.50 bits per heavy atom. The van der Waals surface area contributed by atoms with Crippen LogP contribution in [0.4, 0.5) is 14.5 Å². The van der Waals surface area contributed by atoms with Gasteiger partial charge in [0.25, 0.3) is 0 Å². The molecule has 1 N–H and O–H groups in total. The molecular formula is C22H19F2NO. The molecule has 3 rings (SSSR count). The molecule has 1 atom stereocenters. The lowest BCUT2D eigenvalue weighted by molar-refractivity contribution is -0.00268. The van der Waals surface area contributed by atoms with Crippen LogP contribution in [0.25, 0.3) is 0 Å². The molecule has 3 aromatic rings. The fraction of sp³-hybridized carbons (Fsp3) is 0.136. The Morgan fingerprint density at radius 1 is 0.885 bits per heavy atom. The van der Waals surface area contributed by atoms with E-state index in [1.54, 1.807) is 66.7 Å². The zero-order chi connectivity index (χ0) is 18.6. The van der Waals surface area contributed by atoms with Gasteiger partial charge >= 0.3 is 5.92 Å².